The van der Waals surface area contributed by atoms with Crippen molar-refractivity contribution in [3.05, 3.63) is 35.4 Å². The summed E-state index contributed by atoms with van der Waals surface area (Å²) < 4.78 is 5.37. The summed E-state index contributed by atoms with van der Waals surface area (Å²) in [6.45, 7) is 1.59. The number of aliphatic hydroxyl groups excluding tert-OH is 1. The molecule has 1 atom stereocenters. The molecule has 3 rings (SSSR count). The Morgan fingerprint density at radius 2 is 1.55 bits per heavy atom. The van der Waals surface area contributed by atoms with Crippen LogP contribution in [0.15, 0.2) is 24.3 Å². The highest BCUT2D eigenvalue weighted by molar-refractivity contribution is 5.27. The lowest BCUT2D eigenvalue weighted by Crippen LogP contribution is -2.22. The summed E-state index contributed by atoms with van der Waals surface area (Å²) in [7, 11) is 0. The van der Waals surface area contributed by atoms with Crippen molar-refractivity contribution in [1.29, 1.82) is 0 Å². The van der Waals surface area contributed by atoms with Gasteiger partial charge in [-0.2, -0.15) is 0 Å². The van der Waals surface area contributed by atoms with Gasteiger partial charge in [0.1, 0.15) is 0 Å². The van der Waals surface area contributed by atoms with Gasteiger partial charge in [-0.25, -0.2) is 0 Å². The van der Waals surface area contributed by atoms with Gasteiger partial charge in [0.05, 0.1) is 6.10 Å². The third kappa shape index (κ3) is 3.24. The van der Waals surface area contributed by atoms with Crippen LogP contribution in [0, 0.1) is 5.92 Å². The van der Waals surface area contributed by atoms with Crippen LogP contribution < -0.4 is 0 Å². The fourth-order valence-corrected chi connectivity index (χ4v) is 3.70. The number of aliphatic hydroxyl groups is 1. The first kappa shape index (κ1) is 14.1. The van der Waals surface area contributed by atoms with Gasteiger partial charge < -0.3 is 9.84 Å². The summed E-state index contributed by atoms with van der Waals surface area (Å²) in [6, 6.07) is 8.77. The molecule has 110 valence electrons. The van der Waals surface area contributed by atoms with Gasteiger partial charge in [0.15, 0.2) is 0 Å². The molecule has 2 aliphatic rings. The molecule has 1 aliphatic heterocycles. The van der Waals surface area contributed by atoms with Gasteiger partial charge in [0, 0.05) is 13.2 Å². The van der Waals surface area contributed by atoms with Crippen LogP contribution in [0.1, 0.15) is 68.1 Å². The van der Waals surface area contributed by atoms with E-state index in [1.807, 2.05) is 0 Å². The van der Waals surface area contributed by atoms with E-state index in [0.717, 1.165) is 37.5 Å². The Bertz CT molecular complexity index is 400. The zero-order valence-corrected chi connectivity index (χ0v) is 12.3. The van der Waals surface area contributed by atoms with Crippen LogP contribution >= 0.6 is 0 Å². The Kier molecular flexibility index (Phi) is 4.74. The van der Waals surface area contributed by atoms with Gasteiger partial charge in [-0.05, 0) is 48.6 Å². The monoisotopic (exact) mass is 274 g/mol. The fourth-order valence-electron chi connectivity index (χ4n) is 3.70. The molecule has 1 aliphatic carbocycles. The molecule has 2 nitrogen and oxygen atoms in total. The Hall–Kier alpha value is -0.860. The van der Waals surface area contributed by atoms with Crippen molar-refractivity contribution in [2.24, 2.45) is 5.92 Å². The Morgan fingerprint density at radius 1 is 0.900 bits per heavy atom. The van der Waals surface area contributed by atoms with Crippen molar-refractivity contribution in [3.8, 4) is 0 Å². The van der Waals surface area contributed by atoms with Crippen LogP contribution in [-0.2, 0) is 4.74 Å². The molecular weight excluding hydrogens is 248 g/mol. The predicted octanol–water partition coefficient (Wildman–Crippen LogP) is 4.19. The number of ether oxygens (including phenoxy) is 1. The molecule has 2 fully saturated rings. The zero-order chi connectivity index (χ0) is 13.8. The second-order valence-corrected chi connectivity index (χ2v) is 6.40. The number of hydrogen-bond acceptors (Lipinski definition) is 2. The molecule has 1 N–H and O–H groups in total. The van der Waals surface area contributed by atoms with E-state index in [1.54, 1.807) is 0 Å². The van der Waals surface area contributed by atoms with Crippen molar-refractivity contribution in [2.75, 3.05) is 13.2 Å². The number of rotatable bonds is 3. The molecule has 1 heterocycles. The van der Waals surface area contributed by atoms with E-state index in [2.05, 4.69) is 24.3 Å². The lowest BCUT2D eigenvalue weighted by atomic mass is 9.83. The number of benzene rings is 1. The normalized spacial score (nSPS) is 23.6. The van der Waals surface area contributed by atoms with E-state index in [0.29, 0.717) is 5.92 Å². The molecule has 0 aromatic heterocycles. The van der Waals surface area contributed by atoms with Gasteiger partial charge in [-0.3, -0.25) is 0 Å². The van der Waals surface area contributed by atoms with Gasteiger partial charge in [0.25, 0.3) is 0 Å². The largest absolute Gasteiger partial charge is 0.388 e. The van der Waals surface area contributed by atoms with E-state index in [-0.39, 0.29) is 6.10 Å². The summed E-state index contributed by atoms with van der Waals surface area (Å²) in [4.78, 5) is 0. The highest BCUT2D eigenvalue weighted by atomic mass is 16.5. The average Bonchev–Trinajstić information content (AvgIpc) is 2.56. The summed E-state index contributed by atoms with van der Waals surface area (Å²) in [5, 5.41) is 10.5. The lowest BCUT2D eigenvalue weighted by molar-refractivity contribution is 0.00718. The van der Waals surface area contributed by atoms with Crippen molar-refractivity contribution in [1.82, 2.24) is 0 Å². The van der Waals surface area contributed by atoms with Gasteiger partial charge in [-0.1, -0.05) is 43.5 Å². The maximum atomic E-state index is 10.5. The van der Waals surface area contributed by atoms with Gasteiger partial charge in [-0.15, -0.1) is 0 Å². The van der Waals surface area contributed by atoms with Crippen LogP contribution in [0.5, 0.6) is 0 Å². The first-order valence-corrected chi connectivity index (χ1v) is 8.20. The smallest absolute Gasteiger partial charge is 0.0819 e. The molecule has 20 heavy (non-hydrogen) atoms. The highest BCUT2D eigenvalue weighted by Gasteiger charge is 2.23. The van der Waals surface area contributed by atoms with E-state index in [4.69, 9.17) is 4.74 Å². The first-order chi connectivity index (χ1) is 9.84. The minimum atomic E-state index is -0.320. The Balaban J connectivity index is 1.65. The van der Waals surface area contributed by atoms with E-state index in [9.17, 15) is 5.11 Å². The minimum Gasteiger partial charge on any atom is -0.388 e. The second-order valence-electron chi connectivity index (χ2n) is 6.40. The van der Waals surface area contributed by atoms with Crippen molar-refractivity contribution in [3.63, 3.8) is 0 Å². The molecule has 2 heteroatoms. The molecule has 0 radical (unpaired) electrons. The van der Waals surface area contributed by atoms with E-state index >= 15 is 0 Å². The molecule has 1 aromatic rings. The van der Waals surface area contributed by atoms with Crippen LogP contribution in [0.4, 0.5) is 0 Å². The SMILES string of the molecule is OC(c1ccc(C2CCCCC2)cc1)C1CCOCC1. The summed E-state index contributed by atoms with van der Waals surface area (Å²) >= 11 is 0. The van der Waals surface area contributed by atoms with E-state index < -0.39 is 0 Å². The summed E-state index contributed by atoms with van der Waals surface area (Å²) in [6.07, 6.45) is 8.45. The van der Waals surface area contributed by atoms with Gasteiger partial charge in [0.2, 0.25) is 0 Å². The topological polar surface area (TPSA) is 29.5 Å². The molecule has 0 bridgehead atoms. The molecule has 0 amide bonds. The molecule has 0 spiro atoms. The maximum Gasteiger partial charge on any atom is 0.0819 e. The second kappa shape index (κ2) is 6.73. The van der Waals surface area contributed by atoms with Crippen molar-refractivity contribution < 1.29 is 9.84 Å². The maximum absolute atomic E-state index is 10.5. The van der Waals surface area contributed by atoms with E-state index in [1.165, 1.54) is 37.7 Å². The predicted molar refractivity (Wildman–Crippen MR) is 80.8 cm³/mol. The van der Waals surface area contributed by atoms with Crippen molar-refractivity contribution in [2.45, 2.75) is 57.0 Å². The van der Waals surface area contributed by atoms with Crippen molar-refractivity contribution >= 4 is 0 Å². The molecule has 1 aromatic carbocycles. The third-order valence-corrected chi connectivity index (χ3v) is 5.07. The Morgan fingerprint density at radius 3 is 2.20 bits per heavy atom. The zero-order valence-electron chi connectivity index (χ0n) is 12.3. The van der Waals surface area contributed by atoms with Crippen LogP contribution in [0.25, 0.3) is 0 Å². The first-order valence-electron chi connectivity index (χ1n) is 8.20. The molecule has 1 unspecified atom stereocenters. The van der Waals surface area contributed by atoms with Crippen LogP contribution in [0.3, 0.4) is 0 Å². The molecular formula is C18H26O2. The standard InChI is InChI=1S/C18H26O2/c19-18(17-10-12-20-13-11-17)16-8-6-15(7-9-16)14-4-2-1-3-5-14/h6-9,14,17-19H,1-5,10-13H2. The Labute approximate surface area is 122 Å². The van der Waals surface area contributed by atoms with Crippen LogP contribution in [-0.4, -0.2) is 18.3 Å². The van der Waals surface area contributed by atoms with Gasteiger partial charge >= 0.3 is 0 Å². The molecule has 1 saturated carbocycles. The average molecular weight is 274 g/mol. The lowest BCUT2D eigenvalue weighted by Gasteiger charge is -2.27. The quantitative estimate of drug-likeness (QED) is 0.895. The minimum absolute atomic E-state index is 0.320. The highest BCUT2D eigenvalue weighted by Crippen LogP contribution is 2.34. The molecule has 1 saturated heterocycles. The fraction of sp³-hybridized carbons (Fsp3) is 0.667. The number of hydrogen-bond donors (Lipinski definition) is 1. The summed E-state index contributed by atoms with van der Waals surface area (Å²) in [5.41, 5.74) is 2.55. The van der Waals surface area contributed by atoms with Crippen LogP contribution in [0.2, 0.25) is 0 Å². The summed E-state index contributed by atoms with van der Waals surface area (Å²) in [5.74, 6) is 1.11. The third-order valence-electron chi connectivity index (χ3n) is 5.07.